The summed E-state index contributed by atoms with van der Waals surface area (Å²) in [5, 5.41) is 7.60. The Hall–Kier alpha value is -6.23. The van der Waals surface area contributed by atoms with Crippen molar-refractivity contribution in [2.75, 3.05) is 0 Å². The molecular formula is C47H32O3S. The molecule has 8 aromatic rings. The lowest BCUT2D eigenvalue weighted by Crippen LogP contribution is -2.02. The van der Waals surface area contributed by atoms with Gasteiger partial charge in [0.15, 0.2) is 0 Å². The first-order chi connectivity index (χ1) is 25.0. The summed E-state index contributed by atoms with van der Waals surface area (Å²) in [6.07, 6.45) is 11.2. The van der Waals surface area contributed by atoms with Crippen molar-refractivity contribution in [1.82, 2.24) is 0 Å². The first-order valence-corrected chi connectivity index (χ1v) is 18.5. The van der Waals surface area contributed by atoms with Crippen molar-refractivity contribution in [3.8, 4) is 11.1 Å². The van der Waals surface area contributed by atoms with Crippen LogP contribution in [0.3, 0.4) is 0 Å². The third-order valence-electron chi connectivity index (χ3n) is 9.86. The lowest BCUT2D eigenvalue weighted by Gasteiger charge is -2.19. The number of fused-ring (bicyclic) bond motifs is 7. The van der Waals surface area contributed by atoms with Gasteiger partial charge in [0, 0.05) is 10.9 Å². The van der Waals surface area contributed by atoms with Gasteiger partial charge in [0.25, 0.3) is 0 Å². The molecule has 0 fully saturated rings. The standard InChI is InChI=1S/C47H32O3S/c1-31-15-4-2-5-17-34(30-43-44(31)47-37-22-9-8-16-32(37)27-28-42(47)50-43)46-40-25-12-10-23-38(40)45(39-24-11-13-26-41(39)46)33-18-14-21-36(29-33)51(48,49)35-19-6-3-7-20-35/h2-16,18-30H,1,17H2/b5-2-,15-4-,34-30+. The monoisotopic (exact) mass is 676 g/mol. The Morgan fingerprint density at radius 3 is 1.92 bits per heavy atom. The van der Waals surface area contributed by atoms with Gasteiger partial charge < -0.3 is 4.42 Å². The van der Waals surface area contributed by atoms with Crippen LogP contribution in [0.2, 0.25) is 0 Å². The van der Waals surface area contributed by atoms with E-state index in [2.05, 4.69) is 110 Å². The molecule has 0 saturated heterocycles. The summed E-state index contributed by atoms with van der Waals surface area (Å²) in [7, 11) is -3.71. The number of hydrogen-bond acceptors (Lipinski definition) is 3. The zero-order valence-corrected chi connectivity index (χ0v) is 28.5. The Bertz CT molecular complexity index is 2850. The Morgan fingerprint density at radius 1 is 0.569 bits per heavy atom. The van der Waals surface area contributed by atoms with Gasteiger partial charge in [-0.05, 0) is 103 Å². The van der Waals surface area contributed by atoms with Crippen molar-refractivity contribution in [2.24, 2.45) is 0 Å². The summed E-state index contributed by atoms with van der Waals surface area (Å²) in [6.45, 7) is 4.49. The minimum absolute atomic E-state index is 0.266. The van der Waals surface area contributed by atoms with Crippen molar-refractivity contribution < 1.29 is 12.8 Å². The summed E-state index contributed by atoms with van der Waals surface area (Å²) in [5.74, 6) is 0.775. The van der Waals surface area contributed by atoms with Crippen LogP contribution in [0.1, 0.15) is 23.3 Å². The molecule has 0 N–H and O–H groups in total. The molecule has 0 spiro atoms. The quantitative estimate of drug-likeness (QED) is 0.174. The fourth-order valence-corrected chi connectivity index (χ4v) is 8.89. The number of allylic oxidation sites excluding steroid dienone is 6. The normalized spacial score (nSPS) is 15.8. The number of benzene rings is 7. The smallest absolute Gasteiger partial charge is 0.206 e. The highest BCUT2D eigenvalue weighted by atomic mass is 32.2. The van der Waals surface area contributed by atoms with E-state index < -0.39 is 9.84 Å². The van der Waals surface area contributed by atoms with Crippen molar-refractivity contribution >= 4 is 70.3 Å². The van der Waals surface area contributed by atoms with Crippen LogP contribution in [0.25, 0.3) is 71.6 Å². The van der Waals surface area contributed by atoms with Crippen LogP contribution in [-0.4, -0.2) is 8.42 Å². The molecule has 51 heavy (non-hydrogen) atoms. The maximum absolute atomic E-state index is 13.7. The molecule has 0 atom stereocenters. The van der Waals surface area contributed by atoms with Gasteiger partial charge in [-0.2, -0.15) is 0 Å². The van der Waals surface area contributed by atoms with Crippen LogP contribution >= 0.6 is 0 Å². The van der Waals surface area contributed by atoms with Gasteiger partial charge in [0.1, 0.15) is 11.3 Å². The number of furan rings is 1. The highest BCUT2D eigenvalue weighted by Crippen LogP contribution is 2.45. The fourth-order valence-electron chi connectivity index (χ4n) is 7.57. The average molecular weight is 677 g/mol. The molecule has 0 saturated carbocycles. The van der Waals surface area contributed by atoms with Gasteiger partial charge in [-0.3, -0.25) is 0 Å². The molecule has 0 aliphatic heterocycles. The summed E-state index contributed by atoms with van der Waals surface area (Å²) < 4.78 is 34.2. The van der Waals surface area contributed by atoms with Crippen LogP contribution in [0.15, 0.2) is 185 Å². The zero-order valence-electron chi connectivity index (χ0n) is 27.7. The number of rotatable bonds is 4. The predicted molar refractivity (Wildman–Crippen MR) is 212 cm³/mol. The van der Waals surface area contributed by atoms with Gasteiger partial charge >= 0.3 is 0 Å². The Balaban J connectivity index is 1.32. The molecule has 1 heterocycles. The highest BCUT2D eigenvalue weighted by Gasteiger charge is 2.23. The van der Waals surface area contributed by atoms with Crippen LogP contribution in [0.5, 0.6) is 0 Å². The van der Waals surface area contributed by atoms with E-state index in [4.69, 9.17) is 4.42 Å². The lowest BCUT2D eigenvalue weighted by atomic mass is 9.84. The minimum atomic E-state index is -3.71. The van der Waals surface area contributed by atoms with E-state index in [1.165, 1.54) is 0 Å². The third-order valence-corrected chi connectivity index (χ3v) is 11.6. The van der Waals surface area contributed by atoms with E-state index in [9.17, 15) is 8.42 Å². The van der Waals surface area contributed by atoms with Gasteiger partial charge in [-0.25, -0.2) is 8.42 Å². The topological polar surface area (TPSA) is 47.3 Å². The Labute approximate surface area is 296 Å². The molecule has 0 amide bonds. The van der Waals surface area contributed by atoms with Gasteiger partial charge in [0.05, 0.1) is 9.79 Å². The molecular weight excluding hydrogens is 645 g/mol. The molecule has 1 aliphatic carbocycles. The molecule has 1 aliphatic rings. The van der Waals surface area contributed by atoms with E-state index in [0.29, 0.717) is 6.42 Å². The second-order valence-corrected chi connectivity index (χ2v) is 14.8. The van der Waals surface area contributed by atoms with E-state index in [1.807, 2.05) is 36.4 Å². The van der Waals surface area contributed by atoms with Gasteiger partial charge in [0.2, 0.25) is 9.84 Å². The van der Waals surface area contributed by atoms with Crippen LogP contribution in [0, 0.1) is 0 Å². The predicted octanol–water partition coefficient (Wildman–Crippen LogP) is 12.5. The summed E-state index contributed by atoms with van der Waals surface area (Å²) in [4.78, 5) is 0.542. The number of sulfone groups is 1. The van der Waals surface area contributed by atoms with Crippen LogP contribution in [-0.2, 0) is 9.84 Å². The lowest BCUT2D eigenvalue weighted by molar-refractivity contribution is 0.596. The molecule has 4 heteroatoms. The molecule has 3 nitrogen and oxygen atoms in total. The zero-order chi connectivity index (χ0) is 34.5. The van der Waals surface area contributed by atoms with Gasteiger partial charge in [-0.1, -0.05) is 140 Å². The average Bonchev–Trinajstić information content (AvgIpc) is 3.55. The summed E-state index contributed by atoms with van der Waals surface area (Å²) in [6, 6.07) is 45.4. The maximum atomic E-state index is 13.7. The maximum Gasteiger partial charge on any atom is 0.206 e. The Kier molecular flexibility index (Phi) is 7.41. The first-order valence-electron chi connectivity index (χ1n) is 17.0. The SMILES string of the molecule is C=C1/C=C\C=C/C/C(c2c3ccccc3c(-c3cccc(S(=O)(=O)c4ccccc4)c3)c3ccccc23)=C\c2oc3ccc4ccccc4c3c21. The highest BCUT2D eigenvalue weighted by molar-refractivity contribution is 7.91. The number of hydrogen-bond donors (Lipinski definition) is 0. The van der Waals surface area contributed by atoms with Gasteiger partial charge in [-0.15, -0.1) is 0 Å². The second kappa shape index (κ2) is 12.3. The van der Waals surface area contributed by atoms with E-state index in [1.54, 1.807) is 30.3 Å². The van der Waals surface area contributed by atoms with E-state index in [-0.39, 0.29) is 9.79 Å². The molecule has 1 aromatic heterocycles. The fraction of sp³-hybridized carbons (Fsp3) is 0.0213. The Morgan fingerprint density at radius 2 is 1.20 bits per heavy atom. The summed E-state index contributed by atoms with van der Waals surface area (Å²) >= 11 is 0. The van der Waals surface area contributed by atoms with E-state index >= 15 is 0 Å². The summed E-state index contributed by atoms with van der Waals surface area (Å²) in [5.41, 5.74) is 6.78. The van der Waals surface area contributed by atoms with Crippen molar-refractivity contribution in [1.29, 1.82) is 0 Å². The molecule has 7 aromatic carbocycles. The molecule has 0 bridgehead atoms. The second-order valence-electron chi connectivity index (χ2n) is 12.9. The molecule has 0 radical (unpaired) electrons. The molecule has 0 unspecified atom stereocenters. The third kappa shape index (κ3) is 5.15. The van der Waals surface area contributed by atoms with Crippen LogP contribution in [0.4, 0.5) is 0 Å². The molecule has 244 valence electrons. The van der Waals surface area contributed by atoms with Crippen molar-refractivity contribution in [3.05, 3.63) is 187 Å². The largest absolute Gasteiger partial charge is 0.456 e. The molecule has 9 rings (SSSR count). The van der Waals surface area contributed by atoms with E-state index in [0.717, 1.165) is 82.4 Å². The van der Waals surface area contributed by atoms with Crippen molar-refractivity contribution in [3.63, 3.8) is 0 Å². The first kappa shape index (κ1) is 30.8. The van der Waals surface area contributed by atoms with Crippen molar-refractivity contribution in [2.45, 2.75) is 16.2 Å². The van der Waals surface area contributed by atoms with Crippen LogP contribution < -0.4 is 0 Å². The minimum Gasteiger partial charge on any atom is -0.456 e.